The molecule has 0 heteroatoms. The van der Waals surface area contributed by atoms with Crippen molar-refractivity contribution in [1.82, 2.24) is 0 Å². The topological polar surface area (TPSA) is 0 Å². The third-order valence-corrected chi connectivity index (χ3v) is 8.77. The molecule has 0 spiro atoms. The van der Waals surface area contributed by atoms with Gasteiger partial charge in [0.1, 0.15) is 0 Å². The second kappa shape index (κ2) is 16.0. The summed E-state index contributed by atoms with van der Waals surface area (Å²) < 4.78 is 0. The second-order valence-electron chi connectivity index (χ2n) is 13.6. The van der Waals surface area contributed by atoms with E-state index in [1.807, 2.05) is 0 Å². The molecule has 0 nitrogen and oxygen atoms in total. The van der Waals surface area contributed by atoms with Crippen LogP contribution in [0.3, 0.4) is 0 Å². The van der Waals surface area contributed by atoms with Crippen LogP contribution in [0.1, 0.15) is 114 Å². The first-order chi connectivity index (χ1) is 18.8. The Balaban J connectivity index is 1.82. The van der Waals surface area contributed by atoms with E-state index in [1.165, 1.54) is 60.0 Å². The van der Waals surface area contributed by atoms with Crippen LogP contribution in [0.15, 0.2) is 118 Å². The van der Waals surface area contributed by atoms with Crippen LogP contribution < -0.4 is 0 Å². The summed E-state index contributed by atoms with van der Waals surface area (Å²) in [5.74, 6) is 0.537. The smallest absolute Gasteiger partial charge is 0.00285 e. The van der Waals surface area contributed by atoms with Crippen LogP contribution in [0.25, 0.3) is 0 Å². The van der Waals surface area contributed by atoms with Crippen LogP contribution in [0.4, 0.5) is 0 Å². The third kappa shape index (κ3) is 11.5. The first-order valence-corrected chi connectivity index (χ1v) is 15.6. The first-order valence-electron chi connectivity index (χ1n) is 15.6. The Morgan fingerprint density at radius 3 is 2.20 bits per heavy atom. The van der Waals surface area contributed by atoms with Crippen LogP contribution in [0, 0.1) is 16.7 Å². The van der Waals surface area contributed by atoms with Crippen molar-refractivity contribution in [1.29, 1.82) is 0 Å². The highest BCUT2D eigenvalue weighted by Crippen LogP contribution is 2.42. The minimum atomic E-state index is 0.309. The number of hydrogen-bond donors (Lipinski definition) is 0. The summed E-state index contributed by atoms with van der Waals surface area (Å²) in [5.41, 5.74) is 10.6. The molecular formula is C40H58. The highest BCUT2D eigenvalue weighted by atomic mass is 14.3. The van der Waals surface area contributed by atoms with Crippen LogP contribution in [-0.2, 0) is 0 Å². The molecule has 0 N–H and O–H groups in total. The SMILES string of the molecule is CC1=CCCC(C)(C)[C@H]1/C=C/C(C)=C/C=C/C(C)=C/C=C/C=C(\C)CC/C=C(C)/C=C/C1=C(C)CCCC1(C)C. The monoisotopic (exact) mass is 538 g/mol. The van der Waals surface area contributed by atoms with Crippen molar-refractivity contribution < 1.29 is 0 Å². The minimum absolute atomic E-state index is 0.309. The lowest BCUT2D eigenvalue weighted by atomic mass is 9.68. The van der Waals surface area contributed by atoms with Crippen LogP contribution in [-0.4, -0.2) is 0 Å². The maximum Gasteiger partial charge on any atom is 0.00285 e. The molecule has 0 saturated heterocycles. The fourth-order valence-electron chi connectivity index (χ4n) is 6.02. The lowest BCUT2D eigenvalue weighted by Crippen LogP contribution is -2.26. The van der Waals surface area contributed by atoms with E-state index in [-0.39, 0.29) is 0 Å². The van der Waals surface area contributed by atoms with E-state index in [1.54, 1.807) is 11.1 Å². The quantitative estimate of drug-likeness (QED) is 0.181. The fourth-order valence-corrected chi connectivity index (χ4v) is 6.02. The highest BCUT2D eigenvalue weighted by Gasteiger charge is 2.30. The maximum atomic E-state index is 2.41. The van der Waals surface area contributed by atoms with E-state index < -0.39 is 0 Å². The summed E-state index contributed by atoms with van der Waals surface area (Å²) in [6.45, 7) is 22.9. The zero-order valence-corrected chi connectivity index (χ0v) is 27.5. The van der Waals surface area contributed by atoms with Gasteiger partial charge < -0.3 is 0 Å². The highest BCUT2D eigenvalue weighted by molar-refractivity contribution is 5.36. The van der Waals surface area contributed by atoms with Crippen molar-refractivity contribution in [2.45, 2.75) is 114 Å². The molecule has 0 radical (unpaired) electrons. The van der Waals surface area contributed by atoms with Crippen molar-refractivity contribution in [3.8, 4) is 0 Å². The lowest BCUT2D eigenvalue weighted by Gasteiger charge is -2.36. The van der Waals surface area contributed by atoms with Gasteiger partial charge in [0.15, 0.2) is 0 Å². The second-order valence-corrected chi connectivity index (χ2v) is 13.6. The Kier molecular flexibility index (Phi) is 13.4. The van der Waals surface area contributed by atoms with Gasteiger partial charge >= 0.3 is 0 Å². The van der Waals surface area contributed by atoms with E-state index in [0.29, 0.717) is 16.7 Å². The van der Waals surface area contributed by atoms with Crippen molar-refractivity contribution >= 4 is 0 Å². The molecular weight excluding hydrogens is 480 g/mol. The molecule has 2 aliphatic carbocycles. The van der Waals surface area contributed by atoms with Crippen LogP contribution in [0.2, 0.25) is 0 Å². The van der Waals surface area contributed by atoms with Crippen molar-refractivity contribution in [2.24, 2.45) is 16.7 Å². The third-order valence-electron chi connectivity index (χ3n) is 8.77. The summed E-state index contributed by atoms with van der Waals surface area (Å²) in [4.78, 5) is 0. The van der Waals surface area contributed by atoms with E-state index in [2.05, 4.69) is 148 Å². The van der Waals surface area contributed by atoms with Gasteiger partial charge in [0.05, 0.1) is 0 Å². The lowest BCUT2D eigenvalue weighted by molar-refractivity contribution is 0.255. The summed E-state index contributed by atoms with van der Waals surface area (Å²) >= 11 is 0. The zero-order chi connectivity index (χ0) is 29.8. The molecule has 2 rings (SSSR count). The molecule has 0 amide bonds. The molecule has 218 valence electrons. The van der Waals surface area contributed by atoms with Crippen molar-refractivity contribution in [3.63, 3.8) is 0 Å². The van der Waals surface area contributed by atoms with E-state index in [9.17, 15) is 0 Å². The molecule has 1 atom stereocenters. The van der Waals surface area contributed by atoms with Gasteiger partial charge in [-0.15, -0.1) is 0 Å². The van der Waals surface area contributed by atoms with Gasteiger partial charge in [-0.25, -0.2) is 0 Å². The van der Waals surface area contributed by atoms with Gasteiger partial charge in [-0.1, -0.05) is 140 Å². The Labute approximate surface area is 248 Å². The normalized spacial score (nSPS) is 23.4. The molecule has 0 aliphatic heterocycles. The Morgan fingerprint density at radius 2 is 1.50 bits per heavy atom. The van der Waals surface area contributed by atoms with Crippen molar-refractivity contribution in [3.05, 3.63) is 118 Å². The Hall–Kier alpha value is -2.60. The van der Waals surface area contributed by atoms with E-state index in [0.717, 1.165) is 12.8 Å². The van der Waals surface area contributed by atoms with Crippen molar-refractivity contribution in [2.75, 3.05) is 0 Å². The Morgan fingerprint density at radius 1 is 0.825 bits per heavy atom. The molecule has 0 aromatic heterocycles. The fraction of sp³-hybridized carbons (Fsp3) is 0.500. The molecule has 40 heavy (non-hydrogen) atoms. The molecule has 0 fully saturated rings. The average molecular weight is 539 g/mol. The largest absolute Gasteiger partial charge is 0.0850 e. The number of allylic oxidation sites excluding steroid dienone is 20. The standard InChI is InChI=1S/C40H58/c1-31(19-13-21-33(3)25-27-37-35(5)23-15-29-39(37,7)8)17-11-12-18-32(2)20-14-22-34(4)26-28-38-36(6)24-16-30-40(38,9)10/h11-13,17-19,21-23,25-28,37H,14-16,20,24,29-30H2,1-10H3/b12-11+,19-13+,27-25+,28-26+,31-17+,32-18+,33-21+,34-22+/t37-/m0/s1. The summed E-state index contributed by atoms with van der Waals surface area (Å²) in [7, 11) is 0. The number of hydrogen-bond acceptors (Lipinski definition) is 0. The molecule has 0 bridgehead atoms. The summed E-state index contributed by atoms with van der Waals surface area (Å²) in [6.07, 6.45) is 37.9. The van der Waals surface area contributed by atoms with Gasteiger partial charge in [-0.3, -0.25) is 0 Å². The minimum Gasteiger partial charge on any atom is -0.0850 e. The molecule has 2 aliphatic rings. The molecule has 0 unspecified atom stereocenters. The molecule has 0 heterocycles. The molecule has 0 aromatic carbocycles. The van der Waals surface area contributed by atoms with Gasteiger partial charge in [0.2, 0.25) is 0 Å². The zero-order valence-electron chi connectivity index (χ0n) is 27.5. The van der Waals surface area contributed by atoms with Crippen LogP contribution in [0.5, 0.6) is 0 Å². The van der Waals surface area contributed by atoms with E-state index in [4.69, 9.17) is 0 Å². The Bertz CT molecular complexity index is 1150. The molecule has 0 aromatic rings. The maximum absolute atomic E-state index is 2.41. The summed E-state index contributed by atoms with van der Waals surface area (Å²) in [5, 5.41) is 0. The van der Waals surface area contributed by atoms with E-state index >= 15 is 0 Å². The number of rotatable bonds is 11. The predicted octanol–water partition coefficient (Wildman–Crippen LogP) is 12.7. The van der Waals surface area contributed by atoms with Gasteiger partial charge in [0, 0.05) is 5.92 Å². The van der Waals surface area contributed by atoms with Gasteiger partial charge in [-0.05, 0) is 103 Å². The van der Waals surface area contributed by atoms with Gasteiger partial charge in [0.25, 0.3) is 0 Å². The van der Waals surface area contributed by atoms with Crippen LogP contribution >= 0.6 is 0 Å². The predicted molar refractivity (Wildman–Crippen MR) is 181 cm³/mol. The summed E-state index contributed by atoms with van der Waals surface area (Å²) in [6, 6.07) is 0. The first kappa shape index (κ1) is 33.6. The van der Waals surface area contributed by atoms with Gasteiger partial charge in [-0.2, -0.15) is 0 Å². The average Bonchev–Trinajstić information content (AvgIpc) is 2.85. The molecule has 0 saturated carbocycles.